The van der Waals surface area contributed by atoms with Crippen LogP contribution in [0.1, 0.15) is 38.2 Å². The average Bonchev–Trinajstić information content (AvgIpc) is 2.71. The maximum atomic E-state index is 13.2. The molecule has 0 saturated carbocycles. The van der Waals surface area contributed by atoms with Gasteiger partial charge in [0.25, 0.3) is 0 Å². The molecule has 0 fully saturated rings. The van der Waals surface area contributed by atoms with E-state index in [1.165, 1.54) is 6.33 Å². The molecular formula is C12H16F3N3O2. The molecule has 1 aromatic rings. The number of rotatable bonds is 0. The molecule has 0 radical (unpaired) electrons. The van der Waals surface area contributed by atoms with Gasteiger partial charge in [-0.2, -0.15) is 13.2 Å². The minimum absolute atomic E-state index is 0.0612. The van der Waals surface area contributed by atoms with Gasteiger partial charge in [0.15, 0.2) is 6.04 Å². The molecule has 0 aromatic carbocycles. The van der Waals surface area contributed by atoms with E-state index in [1.807, 2.05) is 0 Å². The predicted octanol–water partition coefficient (Wildman–Crippen LogP) is 2.81. The average molecular weight is 291 g/mol. The highest BCUT2D eigenvalue weighted by atomic mass is 19.4. The molecule has 1 unspecified atom stereocenters. The van der Waals surface area contributed by atoms with Crippen LogP contribution < -0.4 is 0 Å². The smallest absolute Gasteiger partial charge is 0.414 e. The first-order valence-corrected chi connectivity index (χ1v) is 6.18. The third kappa shape index (κ3) is 2.88. The topological polar surface area (TPSA) is 58.2 Å². The summed E-state index contributed by atoms with van der Waals surface area (Å²) in [6, 6.07) is -2.06. The number of aromatic nitrogens is 2. The zero-order valence-corrected chi connectivity index (χ0v) is 11.4. The van der Waals surface area contributed by atoms with Crippen molar-refractivity contribution in [1.29, 1.82) is 0 Å². The Hall–Kier alpha value is -1.73. The van der Waals surface area contributed by atoms with E-state index in [1.54, 1.807) is 20.8 Å². The second-order valence-electron chi connectivity index (χ2n) is 5.63. The van der Waals surface area contributed by atoms with Crippen molar-refractivity contribution in [2.75, 3.05) is 6.54 Å². The maximum Gasteiger partial charge on any atom is 0.414 e. The first kappa shape index (κ1) is 14.7. The number of carbonyl (C=O) groups excluding carboxylic acids is 1. The highest BCUT2D eigenvalue weighted by Gasteiger charge is 2.51. The highest BCUT2D eigenvalue weighted by molar-refractivity contribution is 5.69. The van der Waals surface area contributed by atoms with Crippen molar-refractivity contribution in [2.24, 2.45) is 0 Å². The third-order valence-electron chi connectivity index (χ3n) is 2.86. The predicted molar refractivity (Wildman–Crippen MR) is 64.0 cm³/mol. The quantitative estimate of drug-likeness (QED) is 0.799. The lowest BCUT2D eigenvalue weighted by molar-refractivity contribution is -0.186. The number of hydrogen-bond donors (Lipinski definition) is 1. The van der Waals surface area contributed by atoms with E-state index in [2.05, 4.69) is 9.97 Å². The molecule has 0 saturated heterocycles. The summed E-state index contributed by atoms with van der Waals surface area (Å²) < 4.78 is 44.8. The molecule has 1 amide bonds. The SMILES string of the molecule is CC(C)(C)OC(=O)N1CCc2[nH]cnc2C1C(F)(F)F. The van der Waals surface area contributed by atoms with Gasteiger partial charge in [-0.3, -0.25) is 4.90 Å². The molecule has 2 rings (SSSR count). The molecule has 2 heterocycles. The zero-order chi connectivity index (χ0) is 15.1. The molecule has 5 nitrogen and oxygen atoms in total. The summed E-state index contributed by atoms with van der Waals surface area (Å²) in [5.41, 5.74) is -0.597. The number of hydrogen-bond acceptors (Lipinski definition) is 3. The van der Waals surface area contributed by atoms with E-state index in [0.717, 1.165) is 0 Å². The van der Waals surface area contributed by atoms with Gasteiger partial charge in [-0.05, 0) is 20.8 Å². The molecule has 8 heteroatoms. The monoisotopic (exact) mass is 291 g/mol. The van der Waals surface area contributed by atoms with Gasteiger partial charge in [0.05, 0.1) is 12.0 Å². The molecule has 0 bridgehead atoms. The summed E-state index contributed by atoms with van der Waals surface area (Å²) in [5, 5.41) is 0. The first-order valence-electron chi connectivity index (χ1n) is 6.18. The molecule has 0 spiro atoms. The molecular weight excluding hydrogens is 275 g/mol. The van der Waals surface area contributed by atoms with Crippen LogP contribution >= 0.6 is 0 Å². The van der Waals surface area contributed by atoms with Crippen LogP contribution in [0.4, 0.5) is 18.0 Å². The van der Waals surface area contributed by atoms with Crippen LogP contribution in [-0.2, 0) is 11.2 Å². The van der Waals surface area contributed by atoms with E-state index < -0.39 is 23.9 Å². The number of amides is 1. The largest absolute Gasteiger partial charge is 0.444 e. The van der Waals surface area contributed by atoms with Gasteiger partial charge in [-0.15, -0.1) is 0 Å². The second kappa shape index (κ2) is 4.68. The van der Waals surface area contributed by atoms with Gasteiger partial charge in [0, 0.05) is 18.7 Å². The number of nitrogens with one attached hydrogen (secondary N) is 1. The second-order valence-corrected chi connectivity index (χ2v) is 5.63. The van der Waals surface area contributed by atoms with Crippen molar-refractivity contribution < 1.29 is 22.7 Å². The van der Waals surface area contributed by atoms with Crippen LogP contribution in [0.2, 0.25) is 0 Å². The number of halogens is 3. The number of imidazole rings is 1. The van der Waals surface area contributed by atoms with Crippen LogP contribution in [0, 0.1) is 0 Å². The third-order valence-corrected chi connectivity index (χ3v) is 2.86. The van der Waals surface area contributed by atoms with Crippen molar-refractivity contribution in [3.8, 4) is 0 Å². The van der Waals surface area contributed by atoms with Gasteiger partial charge in [0.2, 0.25) is 0 Å². The van der Waals surface area contributed by atoms with Crippen molar-refractivity contribution >= 4 is 6.09 Å². The summed E-state index contributed by atoms with van der Waals surface area (Å²) in [4.78, 5) is 19.0. The lowest BCUT2D eigenvalue weighted by atomic mass is 10.0. The molecule has 1 aliphatic heterocycles. The van der Waals surface area contributed by atoms with E-state index >= 15 is 0 Å². The fraction of sp³-hybridized carbons (Fsp3) is 0.667. The van der Waals surface area contributed by atoms with Gasteiger partial charge in [-0.1, -0.05) is 0 Å². The van der Waals surface area contributed by atoms with E-state index in [0.29, 0.717) is 17.0 Å². The molecule has 20 heavy (non-hydrogen) atoms. The van der Waals surface area contributed by atoms with Crippen LogP contribution in [0.5, 0.6) is 0 Å². The molecule has 1 aromatic heterocycles. The Bertz CT molecular complexity index is 505. The standard InChI is InChI=1S/C12H16F3N3O2/c1-11(2,3)20-10(19)18-5-4-7-8(17-6-16-7)9(18)12(13,14)15/h6,9H,4-5H2,1-3H3,(H,16,17). The normalized spacial score (nSPS) is 19.7. The van der Waals surface area contributed by atoms with Crippen molar-refractivity contribution in [1.82, 2.24) is 14.9 Å². The highest BCUT2D eigenvalue weighted by Crippen LogP contribution is 2.41. The Kier molecular flexibility index (Phi) is 3.43. The van der Waals surface area contributed by atoms with Crippen LogP contribution in [0.15, 0.2) is 6.33 Å². The Morgan fingerprint density at radius 2 is 2.10 bits per heavy atom. The Balaban J connectivity index is 2.32. The number of fused-ring (bicyclic) bond motifs is 1. The number of carbonyl (C=O) groups is 1. The van der Waals surface area contributed by atoms with E-state index in [-0.39, 0.29) is 12.2 Å². The van der Waals surface area contributed by atoms with Crippen LogP contribution in [0.25, 0.3) is 0 Å². The lowest BCUT2D eigenvalue weighted by Gasteiger charge is -2.36. The Morgan fingerprint density at radius 3 is 2.65 bits per heavy atom. The van der Waals surface area contributed by atoms with Gasteiger partial charge in [-0.25, -0.2) is 9.78 Å². The lowest BCUT2D eigenvalue weighted by Crippen LogP contribution is -2.48. The first-order chi connectivity index (χ1) is 9.09. The van der Waals surface area contributed by atoms with E-state index in [4.69, 9.17) is 4.74 Å². The van der Waals surface area contributed by atoms with Crippen molar-refractivity contribution in [3.63, 3.8) is 0 Å². The maximum absolute atomic E-state index is 13.2. The summed E-state index contributed by atoms with van der Waals surface area (Å²) in [7, 11) is 0. The molecule has 112 valence electrons. The van der Waals surface area contributed by atoms with Gasteiger partial charge in [0.1, 0.15) is 5.60 Å². The molecule has 1 atom stereocenters. The van der Waals surface area contributed by atoms with Crippen molar-refractivity contribution in [3.05, 3.63) is 17.7 Å². The Labute approximate surface area is 114 Å². The van der Waals surface area contributed by atoms with Crippen LogP contribution in [0.3, 0.4) is 0 Å². The summed E-state index contributed by atoms with van der Waals surface area (Å²) in [5.74, 6) is 0. The number of aromatic amines is 1. The fourth-order valence-electron chi connectivity index (χ4n) is 2.13. The summed E-state index contributed by atoms with van der Waals surface area (Å²) in [6.45, 7) is 4.76. The van der Waals surface area contributed by atoms with Crippen molar-refractivity contribution in [2.45, 2.75) is 45.0 Å². The number of ether oxygens (including phenoxy) is 1. The van der Waals surface area contributed by atoms with Gasteiger partial charge >= 0.3 is 12.3 Å². The number of H-pyrrole nitrogens is 1. The summed E-state index contributed by atoms with van der Waals surface area (Å²) in [6.07, 6.45) is -4.07. The minimum atomic E-state index is -4.60. The Morgan fingerprint density at radius 1 is 1.45 bits per heavy atom. The van der Waals surface area contributed by atoms with E-state index in [9.17, 15) is 18.0 Å². The molecule has 0 aliphatic carbocycles. The molecule has 1 N–H and O–H groups in total. The van der Waals surface area contributed by atoms with Crippen LogP contribution in [-0.4, -0.2) is 39.3 Å². The molecule has 1 aliphatic rings. The number of alkyl halides is 3. The summed E-state index contributed by atoms with van der Waals surface area (Å²) >= 11 is 0. The number of nitrogens with zero attached hydrogens (tertiary/aromatic N) is 2. The fourth-order valence-corrected chi connectivity index (χ4v) is 2.13. The zero-order valence-electron chi connectivity index (χ0n) is 11.4. The van der Waals surface area contributed by atoms with Gasteiger partial charge < -0.3 is 9.72 Å². The minimum Gasteiger partial charge on any atom is -0.444 e.